The van der Waals surface area contributed by atoms with E-state index in [4.69, 9.17) is 0 Å². The summed E-state index contributed by atoms with van der Waals surface area (Å²) in [5.41, 5.74) is 6.32. The summed E-state index contributed by atoms with van der Waals surface area (Å²) < 4.78 is 1.92. The van der Waals surface area contributed by atoms with Crippen LogP contribution in [0.1, 0.15) is 42.3 Å². The van der Waals surface area contributed by atoms with Crippen LogP contribution in [0.2, 0.25) is 0 Å². The Hall–Kier alpha value is -3.21. The van der Waals surface area contributed by atoms with Gasteiger partial charge < -0.3 is 4.57 Å². The number of hydrogen-bond donors (Lipinski definition) is 1. The number of nitrogens with zero attached hydrogens (tertiary/aromatic N) is 3. The zero-order valence-corrected chi connectivity index (χ0v) is 15.2. The molecule has 0 aliphatic carbocycles. The molecule has 1 heterocycles. The van der Waals surface area contributed by atoms with Gasteiger partial charge in [-0.3, -0.25) is 4.79 Å². The number of aromatic nitrogens is 2. The molecule has 0 aliphatic rings. The van der Waals surface area contributed by atoms with Crippen LogP contribution in [0.15, 0.2) is 72.4 Å². The van der Waals surface area contributed by atoms with Crippen molar-refractivity contribution >= 4 is 12.1 Å². The lowest BCUT2D eigenvalue weighted by Gasteiger charge is -2.18. The summed E-state index contributed by atoms with van der Waals surface area (Å²) in [6, 6.07) is 15.4. The molecular weight excluding hydrogens is 324 g/mol. The zero-order chi connectivity index (χ0) is 18.6. The van der Waals surface area contributed by atoms with Crippen LogP contribution in [0, 0.1) is 0 Å². The van der Waals surface area contributed by atoms with Gasteiger partial charge in [-0.2, -0.15) is 5.10 Å². The maximum absolute atomic E-state index is 12.2. The molecule has 0 spiro atoms. The molecular formula is C21H22N4O. The largest absolute Gasteiger partial charge is 0.306 e. The first-order valence-electron chi connectivity index (χ1n) is 8.46. The van der Waals surface area contributed by atoms with Gasteiger partial charge in [-0.15, -0.1) is 0 Å². The number of carbonyl (C=O) groups excluding carboxylic acids is 1. The lowest BCUT2D eigenvalue weighted by molar-refractivity contribution is 0.0955. The lowest BCUT2D eigenvalue weighted by Crippen LogP contribution is -2.18. The molecule has 26 heavy (non-hydrogen) atoms. The Balaban J connectivity index is 1.60. The van der Waals surface area contributed by atoms with Crippen molar-refractivity contribution in [2.75, 3.05) is 0 Å². The van der Waals surface area contributed by atoms with Crippen LogP contribution in [0.3, 0.4) is 0 Å². The van der Waals surface area contributed by atoms with E-state index in [1.54, 1.807) is 18.7 Å². The maximum atomic E-state index is 12.2. The Kier molecular flexibility index (Phi) is 4.98. The van der Waals surface area contributed by atoms with Crippen molar-refractivity contribution < 1.29 is 4.79 Å². The molecule has 0 aliphatic heterocycles. The van der Waals surface area contributed by atoms with Gasteiger partial charge >= 0.3 is 0 Å². The molecule has 5 nitrogen and oxygen atoms in total. The maximum Gasteiger partial charge on any atom is 0.271 e. The van der Waals surface area contributed by atoms with Crippen LogP contribution in [0.4, 0.5) is 0 Å². The fourth-order valence-electron chi connectivity index (χ4n) is 2.50. The van der Waals surface area contributed by atoms with Gasteiger partial charge in [0.05, 0.1) is 12.5 Å². The Morgan fingerprint density at radius 1 is 1.08 bits per heavy atom. The third-order valence-corrected chi connectivity index (χ3v) is 4.09. The average molecular weight is 346 g/mol. The fourth-order valence-corrected chi connectivity index (χ4v) is 2.50. The minimum atomic E-state index is -0.225. The molecule has 2 aromatic carbocycles. The van der Waals surface area contributed by atoms with Gasteiger partial charge in [0.25, 0.3) is 5.91 Å². The summed E-state index contributed by atoms with van der Waals surface area (Å²) in [5.74, 6) is -0.225. The minimum absolute atomic E-state index is 0.0655. The molecule has 1 amide bonds. The second kappa shape index (κ2) is 7.35. The molecule has 0 saturated carbocycles. The second-order valence-corrected chi connectivity index (χ2v) is 7.09. The number of hydrogen-bond acceptors (Lipinski definition) is 3. The van der Waals surface area contributed by atoms with Crippen molar-refractivity contribution in [3.63, 3.8) is 0 Å². The summed E-state index contributed by atoms with van der Waals surface area (Å²) in [4.78, 5) is 16.2. The highest BCUT2D eigenvalue weighted by Gasteiger charge is 2.14. The van der Waals surface area contributed by atoms with E-state index in [1.807, 2.05) is 59.3 Å². The normalized spacial score (nSPS) is 11.7. The molecule has 132 valence electrons. The Morgan fingerprint density at radius 3 is 2.35 bits per heavy atom. The van der Waals surface area contributed by atoms with Gasteiger partial charge in [-0.25, -0.2) is 10.4 Å². The van der Waals surface area contributed by atoms with Crippen LogP contribution in [0.25, 0.3) is 5.69 Å². The molecule has 3 rings (SSSR count). The van der Waals surface area contributed by atoms with E-state index in [1.165, 1.54) is 5.56 Å². The predicted molar refractivity (Wildman–Crippen MR) is 104 cm³/mol. The Bertz CT molecular complexity index is 887. The second-order valence-electron chi connectivity index (χ2n) is 7.09. The first kappa shape index (κ1) is 17.6. The number of carbonyl (C=O) groups is 1. The molecule has 3 aromatic rings. The van der Waals surface area contributed by atoms with Crippen LogP contribution in [-0.2, 0) is 5.41 Å². The van der Waals surface area contributed by atoms with Crippen LogP contribution in [-0.4, -0.2) is 21.7 Å². The Morgan fingerprint density at radius 2 is 1.77 bits per heavy atom. The van der Waals surface area contributed by atoms with Gasteiger partial charge in [-0.1, -0.05) is 45.0 Å². The number of rotatable bonds is 4. The van der Waals surface area contributed by atoms with Crippen LogP contribution < -0.4 is 5.43 Å². The third-order valence-electron chi connectivity index (χ3n) is 4.09. The lowest BCUT2D eigenvalue weighted by atomic mass is 9.87. The Labute approximate surface area is 153 Å². The molecule has 0 unspecified atom stereocenters. The molecule has 0 atom stereocenters. The molecule has 0 saturated heterocycles. The number of hydrazone groups is 1. The molecule has 0 radical (unpaired) electrons. The van der Waals surface area contributed by atoms with E-state index >= 15 is 0 Å². The van der Waals surface area contributed by atoms with Crippen molar-refractivity contribution in [3.05, 3.63) is 83.9 Å². The van der Waals surface area contributed by atoms with Crippen LogP contribution in [0.5, 0.6) is 0 Å². The predicted octanol–water partition coefficient (Wildman–Crippen LogP) is 3.93. The third kappa shape index (κ3) is 4.25. The molecule has 0 fully saturated rings. The molecule has 0 bridgehead atoms. The van der Waals surface area contributed by atoms with Crippen molar-refractivity contribution in [1.29, 1.82) is 0 Å². The SMILES string of the molecule is CC(C)(C)c1ccc(C(=O)N/N=C/c2ccc(-n3ccnc3)cc2)cc1. The number of amides is 1. The summed E-state index contributed by atoms with van der Waals surface area (Å²) in [6.07, 6.45) is 6.99. The minimum Gasteiger partial charge on any atom is -0.306 e. The van der Waals surface area contributed by atoms with E-state index in [-0.39, 0.29) is 11.3 Å². The molecule has 5 heteroatoms. The topological polar surface area (TPSA) is 59.3 Å². The van der Waals surface area contributed by atoms with Crippen molar-refractivity contribution in [2.45, 2.75) is 26.2 Å². The van der Waals surface area contributed by atoms with Gasteiger partial charge in [-0.05, 0) is 40.8 Å². The number of benzene rings is 2. The zero-order valence-electron chi connectivity index (χ0n) is 15.2. The van der Waals surface area contributed by atoms with E-state index < -0.39 is 0 Å². The standard InChI is InChI=1S/C21H22N4O/c1-21(2,3)18-8-6-17(7-9-18)20(26)24-23-14-16-4-10-19(11-5-16)25-13-12-22-15-25/h4-15H,1-3H3,(H,24,26)/b23-14+. The summed E-state index contributed by atoms with van der Waals surface area (Å²) in [7, 11) is 0. The van der Waals surface area contributed by atoms with E-state index in [0.717, 1.165) is 11.3 Å². The molecule has 1 N–H and O–H groups in total. The van der Waals surface area contributed by atoms with Crippen LogP contribution >= 0.6 is 0 Å². The fraction of sp³-hybridized carbons (Fsp3) is 0.190. The van der Waals surface area contributed by atoms with Crippen molar-refractivity contribution in [3.8, 4) is 5.69 Å². The van der Waals surface area contributed by atoms with Gasteiger partial charge in [0.2, 0.25) is 0 Å². The summed E-state index contributed by atoms with van der Waals surface area (Å²) in [5, 5.41) is 4.04. The number of nitrogens with one attached hydrogen (secondary N) is 1. The first-order chi connectivity index (χ1) is 12.4. The van der Waals surface area contributed by atoms with E-state index in [9.17, 15) is 4.79 Å². The van der Waals surface area contributed by atoms with E-state index in [2.05, 4.69) is 36.3 Å². The summed E-state index contributed by atoms with van der Waals surface area (Å²) >= 11 is 0. The number of imidazole rings is 1. The highest BCUT2D eigenvalue weighted by Crippen LogP contribution is 2.22. The quantitative estimate of drug-likeness (QED) is 0.575. The smallest absolute Gasteiger partial charge is 0.271 e. The highest BCUT2D eigenvalue weighted by molar-refractivity contribution is 5.94. The molecule has 1 aromatic heterocycles. The van der Waals surface area contributed by atoms with E-state index in [0.29, 0.717) is 5.56 Å². The average Bonchev–Trinajstić information content (AvgIpc) is 3.16. The highest BCUT2D eigenvalue weighted by atomic mass is 16.2. The summed E-state index contributed by atoms with van der Waals surface area (Å²) in [6.45, 7) is 6.43. The first-order valence-corrected chi connectivity index (χ1v) is 8.46. The van der Waals surface area contributed by atoms with Gasteiger partial charge in [0, 0.05) is 23.6 Å². The monoisotopic (exact) mass is 346 g/mol. The van der Waals surface area contributed by atoms with Gasteiger partial charge in [0.1, 0.15) is 0 Å². The van der Waals surface area contributed by atoms with Gasteiger partial charge in [0.15, 0.2) is 0 Å². The van der Waals surface area contributed by atoms with Crippen molar-refractivity contribution in [2.24, 2.45) is 5.10 Å². The van der Waals surface area contributed by atoms with Crippen molar-refractivity contribution in [1.82, 2.24) is 15.0 Å².